The van der Waals surface area contributed by atoms with Gasteiger partial charge in [0.15, 0.2) is 0 Å². The predicted molar refractivity (Wildman–Crippen MR) is 62.6 cm³/mol. The number of benzene rings is 1. The minimum atomic E-state index is -3.96. The van der Waals surface area contributed by atoms with E-state index in [1.54, 1.807) is 12.1 Å². The van der Waals surface area contributed by atoms with Crippen LogP contribution in [-0.4, -0.2) is 18.7 Å². The lowest BCUT2D eigenvalue weighted by Crippen LogP contribution is -2.36. The van der Waals surface area contributed by atoms with Crippen molar-refractivity contribution in [3.8, 4) is 5.75 Å². The van der Waals surface area contributed by atoms with Crippen molar-refractivity contribution in [1.82, 2.24) is 0 Å². The largest absolute Gasteiger partial charge is 0.502 e. The smallest absolute Gasteiger partial charge is 0.459 e. The third kappa shape index (κ3) is 3.98. The van der Waals surface area contributed by atoms with E-state index in [-0.39, 0.29) is 12.4 Å². The quantitative estimate of drug-likeness (QED) is 0.735. The van der Waals surface area contributed by atoms with Gasteiger partial charge in [0.25, 0.3) is 0 Å². The SMILES string of the molecule is CCCc1ccc(OC(F)(F)C(=O)OCC)cc1. The molecule has 0 N–H and O–H groups in total. The summed E-state index contributed by atoms with van der Waals surface area (Å²) in [7, 11) is 0. The van der Waals surface area contributed by atoms with E-state index in [2.05, 4.69) is 9.47 Å². The maximum Gasteiger partial charge on any atom is 0.502 e. The molecule has 0 saturated carbocycles. The van der Waals surface area contributed by atoms with Gasteiger partial charge in [-0.25, -0.2) is 4.79 Å². The highest BCUT2D eigenvalue weighted by atomic mass is 19.3. The molecule has 5 heteroatoms. The maximum atomic E-state index is 13.2. The Morgan fingerprint density at radius 3 is 2.33 bits per heavy atom. The molecule has 1 aromatic carbocycles. The molecule has 1 rings (SSSR count). The third-order valence-electron chi connectivity index (χ3n) is 2.22. The van der Waals surface area contributed by atoms with Gasteiger partial charge >= 0.3 is 12.1 Å². The molecule has 0 bridgehead atoms. The molecule has 0 fully saturated rings. The molecule has 0 radical (unpaired) electrons. The highest BCUT2D eigenvalue weighted by molar-refractivity contribution is 5.76. The van der Waals surface area contributed by atoms with Gasteiger partial charge < -0.3 is 9.47 Å². The van der Waals surface area contributed by atoms with Crippen molar-refractivity contribution in [3.63, 3.8) is 0 Å². The molecule has 100 valence electrons. The second-order valence-electron chi connectivity index (χ2n) is 3.73. The highest BCUT2D eigenvalue weighted by Crippen LogP contribution is 2.23. The van der Waals surface area contributed by atoms with Gasteiger partial charge in [-0.1, -0.05) is 25.5 Å². The van der Waals surface area contributed by atoms with E-state index >= 15 is 0 Å². The third-order valence-corrected chi connectivity index (χ3v) is 2.22. The summed E-state index contributed by atoms with van der Waals surface area (Å²) in [6.45, 7) is 3.36. The monoisotopic (exact) mass is 258 g/mol. The number of alkyl halides is 2. The van der Waals surface area contributed by atoms with Crippen LogP contribution in [0.5, 0.6) is 5.75 Å². The van der Waals surface area contributed by atoms with E-state index < -0.39 is 12.1 Å². The van der Waals surface area contributed by atoms with Crippen molar-refractivity contribution in [2.75, 3.05) is 6.61 Å². The van der Waals surface area contributed by atoms with Crippen LogP contribution in [0.4, 0.5) is 8.78 Å². The Bertz CT molecular complexity index is 388. The van der Waals surface area contributed by atoms with E-state index in [1.165, 1.54) is 19.1 Å². The summed E-state index contributed by atoms with van der Waals surface area (Å²) < 4.78 is 35.1. The van der Waals surface area contributed by atoms with Crippen LogP contribution in [0.2, 0.25) is 0 Å². The van der Waals surface area contributed by atoms with E-state index in [1.807, 2.05) is 6.92 Å². The number of aryl methyl sites for hydroxylation is 1. The molecule has 0 aliphatic heterocycles. The number of ether oxygens (including phenoxy) is 2. The molecule has 0 amide bonds. The predicted octanol–water partition coefficient (Wildman–Crippen LogP) is 3.17. The zero-order valence-electron chi connectivity index (χ0n) is 10.4. The zero-order valence-corrected chi connectivity index (χ0v) is 10.4. The molecule has 0 aromatic heterocycles. The van der Waals surface area contributed by atoms with Gasteiger partial charge in [-0.15, -0.1) is 0 Å². The van der Waals surface area contributed by atoms with Crippen molar-refractivity contribution in [1.29, 1.82) is 0 Å². The fourth-order valence-electron chi connectivity index (χ4n) is 1.42. The van der Waals surface area contributed by atoms with Crippen LogP contribution < -0.4 is 4.74 Å². The molecule has 0 aliphatic carbocycles. The van der Waals surface area contributed by atoms with Crippen LogP contribution in [-0.2, 0) is 16.0 Å². The van der Waals surface area contributed by atoms with Crippen LogP contribution in [0.15, 0.2) is 24.3 Å². The molecule has 1 aromatic rings. The van der Waals surface area contributed by atoms with Crippen LogP contribution in [0.1, 0.15) is 25.8 Å². The fraction of sp³-hybridized carbons (Fsp3) is 0.462. The number of hydrogen-bond donors (Lipinski definition) is 0. The summed E-state index contributed by atoms with van der Waals surface area (Å²) in [5.74, 6) is -1.74. The van der Waals surface area contributed by atoms with Crippen molar-refractivity contribution < 1.29 is 23.0 Å². The molecule has 0 spiro atoms. The minimum Gasteiger partial charge on any atom is -0.459 e. The number of halogens is 2. The Labute approximate surface area is 105 Å². The summed E-state index contributed by atoms with van der Waals surface area (Å²) in [6.07, 6.45) is -2.12. The average Bonchev–Trinajstić information content (AvgIpc) is 2.32. The van der Waals surface area contributed by atoms with Crippen LogP contribution in [0.3, 0.4) is 0 Å². The first-order chi connectivity index (χ1) is 8.49. The van der Waals surface area contributed by atoms with Crippen molar-refractivity contribution >= 4 is 5.97 Å². The summed E-state index contributed by atoms with van der Waals surface area (Å²) in [5, 5.41) is 0. The summed E-state index contributed by atoms with van der Waals surface area (Å²) >= 11 is 0. The van der Waals surface area contributed by atoms with Gasteiger partial charge in [0.1, 0.15) is 5.75 Å². The molecular weight excluding hydrogens is 242 g/mol. The topological polar surface area (TPSA) is 35.5 Å². The second-order valence-corrected chi connectivity index (χ2v) is 3.73. The number of carbonyl (C=O) groups excluding carboxylic acids is 1. The lowest BCUT2D eigenvalue weighted by Gasteiger charge is -2.16. The van der Waals surface area contributed by atoms with Gasteiger partial charge in [0.2, 0.25) is 0 Å². The minimum absolute atomic E-state index is 0.0621. The van der Waals surface area contributed by atoms with Gasteiger partial charge in [0.05, 0.1) is 6.61 Å². The molecular formula is C13H16F2O3. The second kappa shape index (κ2) is 6.33. The standard InChI is InChI=1S/C13H16F2O3/c1-3-5-10-6-8-11(9-7-10)18-13(14,15)12(16)17-4-2/h6-9H,3-5H2,1-2H3. The fourth-order valence-corrected chi connectivity index (χ4v) is 1.42. The molecule has 0 heterocycles. The lowest BCUT2D eigenvalue weighted by atomic mass is 10.1. The normalized spacial score (nSPS) is 11.1. The van der Waals surface area contributed by atoms with Crippen molar-refractivity contribution in [2.45, 2.75) is 32.8 Å². The maximum absolute atomic E-state index is 13.2. The Morgan fingerprint density at radius 2 is 1.83 bits per heavy atom. The first-order valence-electron chi connectivity index (χ1n) is 5.82. The average molecular weight is 258 g/mol. The van der Waals surface area contributed by atoms with Crippen molar-refractivity contribution in [3.05, 3.63) is 29.8 Å². The summed E-state index contributed by atoms with van der Waals surface area (Å²) in [5.41, 5.74) is 1.03. The van der Waals surface area contributed by atoms with E-state index in [0.29, 0.717) is 0 Å². The molecule has 0 unspecified atom stereocenters. The Hall–Kier alpha value is -1.65. The zero-order chi connectivity index (χ0) is 13.6. The number of carbonyl (C=O) groups is 1. The Kier molecular flexibility index (Phi) is 5.07. The summed E-state index contributed by atoms with van der Waals surface area (Å²) in [6, 6.07) is 6.22. The number of rotatable bonds is 6. The van der Waals surface area contributed by atoms with Crippen LogP contribution >= 0.6 is 0 Å². The van der Waals surface area contributed by atoms with Gasteiger partial charge in [-0.05, 0) is 31.0 Å². The highest BCUT2D eigenvalue weighted by Gasteiger charge is 2.44. The first-order valence-corrected chi connectivity index (χ1v) is 5.82. The number of esters is 1. The van der Waals surface area contributed by atoms with E-state index in [9.17, 15) is 13.6 Å². The van der Waals surface area contributed by atoms with E-state index in [0.717, 1.165) is 18.4 Å². The summed E-state index contributed by atoms with van der Waals surface area (Å²) in [4.78, 5) is 10.9. The van der Waals surface area contributed by atoms with Gasteiger partial charge in [-0.3, -0.25) is 0 Å². The Morgan fingerprint density at radius 1 is 1.22 bits per heavy atom. The Balaban J connectivity index is 2.68. The molecule has 0 atom stereocenters. The number of hydrogen-bond acceptors (Lipinski definition) is 3. The van der Waals surface area contributed by atoms with E-state index in [4.69, 9.17) is 0 Å². The first kappa shape index (κ1) is 14.4. The van der Waals surface area contributed by atoms with Gasteiger partial charge in [-0.2, -0.15) is 8.78 Å². The molecule has 3 nitrogen and oxygen atoms in total. The van der Waals surface area contributed by atoms with Crippen LogP contribution in [0.25, 0.3) is 0 Å². The van der Waals surface area contributed by atoms with Gasteiger partial charge in [0, 0.05) is 0 Å². The molecule has 0 saturated heterocycles. The van der Waals surface area contributed by atoms with Crippen LogP contribution in [0, 0.1) is 0 Å². The lowest BCUT2D eigenvalue weighted by molar-refractivity contribution is -0.216. The molecule has 18 heavy (non-hydrogen) atoms. The molecule has 0 aliphatic rings. The van der Waals surface area contributed by atoms with Crippen molar-refractivity contribution in [2.24, 2.45) is 0 Å².